The summed E-state index contributed by atoms with van der Waals surface area (Å²) in [5, 5.41) is 2.48. The Morgan fingerprint density at radius 2 is 2.05 bits per heavy atom. The van der Waals surface area contributed by atoms with Crippen LogP contribution in [-0.4, -0.2) is 30.7 Å². The van der Waals surface area contributed by atoms with Crippen LogP contribution in [0.5, 0.6) is 0 Å². The average Bonchev–Trinajstić information content (AvgIpc) is 2.52. The molecule has 0 radical (unpaired) electrons. The van der Waals surface area contributed by atoms with E-state index in [1.54, 1.807) is 37.3 Å². The van der Waals surface area contributed by atoms with Gasteiger partial charge in [-0.2, -0.15) is 0 Å². The summed E-state index contributed by atoms with van der Waals surface area (Å²) in [5.74, 6) is -2.87. The van der Waals surface area contributed by atoms with Crippen molar-refractivity contribution in [3.63, 3.8) is 0 Å². The number of hydrogen-bond acceptors (Lipinski definition) is 5. The van der Waals surface area contributed by atoms with E-state index >= 15 is 0 Å². The second kappa shape index (κ2) is 6.89. The Morgan fingerprint density at radius 3 is 2.64 bits per heavy atom. The minimum Gasteiger partial charge on any atom is -0.461 e. The van der Waals surface area contributed by atoms with E-state index in [0.29, 0.717) is 5.56 Å². The van der Waals surface area contributed by atoms with Gasteiger partial charge in [0, 0.05) is 0 Å². The van der Waals surface area contributed by atoms with Gasteiger partial charge in [-0.3, -0.25) is 9.59 Å². The summed E-state index contributed by atoms with van der Waals surface area (Å²) in [6.45, 7) is 5.09. The smallest absolute Gasteiger partial charge is 0.340 e. The van der Waals surface area contributed by atoms with E-state index < -0.39 is 30.0 Å². The lowest BCUT2D eigenvalue weighted by molar-refractivity contribution is -0.165. The Kier molecular flexibility index (Phi) is 4.93. The third-order valence-electron chi connectivity index (χ3n) is 3.41. The summed E-state index contributed by atoms with van der Waals surface area (Å²) in [5.41, 5.74) is 0.379. The van der Waals surface area contributed by atoms with Gasteiger partial charge in [0.2, 0.25) is 5.91 Å². The van der Waals surface area contributed by atoms with Crippen LogP contribution in [0.4, 0.5) is 0 Å². The van der Waals surface area contributed by atoms with Gasteiger partial charge in [0.15, 0.2) is 6.23 Å². The van der Waals surface area contributed by atoms with Gasteiger partial charge >= 0.3 is 11.9 Å². The first kappa shape index (κ1) is 15.8. The van der Waals surface area contributed by atoms with Gasteiger partial charge < -0.3 is 14.8 Å². The largest absolute Gasteiger partial charge is 0.461 e. The highest BCUT2D eigenvalue weighted by atomic mass is 16.6. The first-order valence-corrected chi connectivity index (χ1v) is 6.88. The van der Waals surface area contributed by atoms with Crippen molar-refractivity contribution in [3.8, 4) is 0 Å². The summed E-state index contributed by atoms with van der Waals surface area (Å²) >= 11 is 0. The highest BCUT2D eigenvalue weighted by Gasteiger charge is 2.48. The predicted octanol–water partition coefficient (Wildman–Crippen LogP) is 1.28. The molecule has 6 heteroatoms. The molecule has 1 aliphatic heterocycles. The number of carbonyl (C=O) groups is 3. The Balaban J connectivity index is 1.97. The van der Waals surface area contributed by atoms with Crippen LogP contribution in [-0.2, 0) is 19.1 Å². The number of rotatable bonds is 6. The van der Waals surface area contributed by atoms with Gasteiger partial charge in [-0.1, -0.05) is 37.8 Å². The zero-order chi connectivity index (χ0) is 16.1. The molecular weight excluding hydrogens is 286 g/mol. The van der Waals surface area contributed by atoms with Crippen LogP contribution < -0.4 is 5.32 Å². The fourth-order valence-corrected chi connectivity index (χ4v) is 2.14. The molecule has 1 saturated heterocycles. The van der Waals surface area contributed by atoms with Gasteiger partial charge in [0.25, 0.3) is 0 Å². The second-order valence-electron chi connectivity index (χ2n) is 4.93. The fourth-order valence-electron chi connectivity index (χ4n) is 2.14. The Bertz CT molecular complexity index is 583. The van der Waals surface area contributed by atoms with E-state index in [4.69, 9.17) is 9.47 Å². The lowest BCUT2D eigenvalue weighted by Gasteiger charge is -2.38. The summed E-state index contributed by atoms with van der Waals surface area (Å²) < 4.78 is 10.2. The molecule has 0 spiro atoms. The van der Waals surface area contributed by atoms with Crippen molar-refractivity contribution in [2.45, 2.75) is 13.2 Å². The highest BCUT2D eigenvalue weighted by Crippen LogP contribution is 2.26. The number of hydrogen-bond donors (Lipinski definition) is 1. The molecule has 1 aromatic rings. The van der Waals surface area contributed by atoms with Crippen LogP contribution in [0, 0.1) is 11.8 Å². The standard InChI is InChI=1S/C16H17NO5/c1-3-9-21-15(19)10(2)12-13(18)17-14(12)22-16(20)11-7-5-4-6-8-11/h3-8,10,12,14H,1,9H2,2H3,(H,17,18)/t10?,12-,14+/m0/s1. The number of esters is 2. The topological polar surface area (TPSA) is 81.7 Å². The molecule has 1 fully saturated rings. The van der Waals surface area contributed by atoms with Crippen LogP contribution in [0.1, 0.15) is 17.3 Å². The molecule has 1 heterocycles. The lowest BCUT2D eigenvalue weighted by atomic mass is 9.86. The number of β-lactam (4-membered cyclic amide) rings is 1. The number of amides is 1. The molecule has 1 N–H and O–H groups in total. The van der Waals surface area contributed by atoms with E-state index in [-0.39, 0.29) is 12.5 Å². The quantitative estimate of drug-likeness (QED) is 0.486. The molecule has 1 aliphatic rings. The third-order valence-corrected chi connectivity index (χ3v) is 3.41. The maximum atomic E-state index is 12.0. The van der Waals surface area contributed by atoms with Gasteiger partial charge in [-0.05, 0) is 12.1 Å². The van der Waals surface area contributed by atoms with E-state index in [1.165, 1.54) is 6.08 Å². The summed E-state index contributed by atoms with van der Waals surface area (Å²) in [4.78, 5) is 35.4. The molecule has 3 atom stereocenters. The molecule has 2 rings (SSSR count). The van der Waals surface area contributed by atoms with Crippen molar-refractivity contribution in [2.24, 2.45) is 11.8 Å². The van der Waals surface area contributed by atoms with Gasteiger partial charge in [-0.25, -0.2) is 4.79 Å². The van der Waals surface area contributed by atoms with E-state index in [0.717, 1.165) is 0 Å². The van der Waals surface area contributed by atoms with Crippen molar-refractivity contribution in [1.82, 2.24) is 5.32 Å². The number of nitrogens with one attached hydrogen (secondary N) is 1. The van der Waals surface area contributed by atoms with Crippen molar-refractivity contribution >= 4 is 17.8 Å². The van der Waals surface area contributed by atoms with Gasteiger partial charge in [0.05, 0.1) is 11.5 Å². The maximum absolute atomic E-state index is 12.0. The van der Waals surface area contributed by atoms with Crippen molar-refractivity contribution in [2.75, 3.05) is 6.61 Å². The van der Waals surface area contributed by atoms with Crippen LogP contribution in [0.15, 0.2) is 43.0 Å². The SMILES string of the molecule is C=CCOC(=O)C(C)[C@H]1C(=O)N[C@@H]1OC(=O)c1ccccc1. The fraction of sp³-hybridized carbons (Fsp3) is 0.312. The first-order chi connectivity index (χ1) is 10.5. The van der Waals surface area contributed by atoms with Crippen molar-refractivity contribution in [1.29, 1.82) is 0 Å². The molecule has 1 unspecified atom stereocenters. The van der Waals surface area contributed by atoms with E-state index in [2.05, 4.69) is 11.9 Å². The van der Waals surface area contributed by atoms with E-state index in [9.17, 15) is 14.4 Å². The Labute approximate surface area is 128 Å². The Morgan fingerprint density at radius 1 is 1.36 bits per heavy atom. The molecule has 0 bridgehead atoms. The van der Waals surface area contributed by atoms with Crippen LogP contribution >= 0.6 is 0 Å². The van der Waals surface area contributed by atoms with Crippen LogP contribution in [0.3, 0.4) is 0 Å². The molecular formula is C16H17NO5. The summed E-state index contributed by atoms with van der Waals surface area (Å²) in [6, 6.07) is 8.42. The summed E-state index contributed by atoms with van der Waals surface area (Å²) in [6.07, 6.45) is 0.616. The van der Waals surface area contributed by atoms with Crippen LogP contribution in [0.2, 0.25) is 0 Å². The predicted molar refractivity (Wildman–Crippen MR) is 77.6 cm³/mol. The molecule has 22 heavy (non-hydrogen) atoms. The summed E-state index contributed by atoms with van der Waals surface area (Å²) in [7, 11) is 0. The number of benzene rings is 1. The van der Waals surface area contributed by atoms with Crippen molar-refractivity contribution < 1.29 is 23.9 Å². The van der Waals surface area contributed by atoms with Crippen molar-refractivity contribution in [3.05, 3.63) is 48.6 Å². The zero-order valence-corrected chi connectivity index (χ0v) is 12.2. The second-order valence-corrected chi connectivity index (χ2v) is 4.93. The first-order valence-electron chi connectivity index (χ1n) is 6.88. The molecule has 1 aromatic carbocycles. The zero-order valence-electron chi connectivity index (χ0n) is 12.2. The molecule has 0 aliphatic carbocycles. The number of carbonyl (C=O) groups excluding carboxylic acids is 3. The normalized spacial score (nSPS) is 21.0. The molecule has 6 nitrogen and oxygen atoms in total. The molecule has 1 amide bonds. The third kappa shape index (κ3) is 3.33. The maximum Gasteiger partial charge on any atom is 0.340 e. The lowest BCUT2D eigenvalue weighted by Crippen LogP contribution is -2.63. The van der Waals surface area contributed by atoms with Gasteiger partial charge in [0.1, 0.15) is 12.5 Å². The molecule has 116 valence electrons. The highest BCUT2D eigenvalue weighted by molar-refractivity contribution is 5.93. The number of ether oxygens (including phenoxy) is 2. The molecule has 0 saturated carbocycles. The van der Waals surface area contributed by atoms with Gasteiger partial charge in [-0.15, -0.1) is 0 Å². The average molecular weight is 303 g/mol. The molecule has 0 aromatic heterocycles. The van der Waals surface area contributed by atoms with E-state index in [1.807, 2.05) is 0 Å². The Hall–Kier alpha value is -2.63. The van der Waals surface area contributed by atoms with Crippen LogP contribution in [0.25, 0.3) is 0 Å². The minimum atomic E-state index is -0.827. The monoisotopic (exact) mass is 303 g/mol. The minimum absolute atomic E-state index is 0.0754.